The normalized spacial score (nSPS) is 19.2. The number of furan rings is 1. The van der Waals surface area contributed by atoms with Gasteiger partial charge < -0.3 is 14.3 Å². The van der Waals surface area contributed by atoms with Crippen LogP contribution < -0.4 is 0 Å². The Morgan fingerprint density at radius 3 is 2.55 bits per heavy atom. The molecule has 0 aromatic carbocycles. The quantitative estimate of drug-likeness (QED) is 0.865. The zero-order valence-corrected chi connectivity index (χ0v) is 12.4. The molecule has 0 amide bonds. The van der Waals surface area contributed by atoms with E-state index >= 15 is 0 Å². The topological polar surface area (TPSA) is 62.9 Å². The van der Waals surface area contributed by atoms with E-state index in [1.54, 1.807) is 11.8 Å². The minimum absolute atomic E-state index is 0.101. The number of rotatable bonds is 3. The van der Waals surface area contributed by atoms with Crippen molar-refractivity contribution in [1.29, 1.82) is 0 Å². The Hall–Kier alpha value is -1.54. The fraction of sp³-hybridized carbons (Fsp3) is 0.643. The number of hydrogen-bond acceptors (Lipinski definition) is 5. The third kappa shape index (κ3) is 3.27. The Kier molecular flexibility index (Phi) is 4.53. The molecule has 1 fully saturated rings. The zero-order chi connectivity index (χ0) is 16.5. The van der Waals surface area contributed by atoms with Gasteiger partial charge in [-0.3, -0.25) is 4.90 Å². The SMILES string of the molecule is COC(=O)c1cc(CN2CCC(O)(C(F)(F)F)CC2)oc1C. The van der Waals surface area contributed by atoms with Gasteiger partial charge in [-0.05, 0) is 25.8 Å². The molecule has 2 rings (SSSR count). The van der Waals surface area contributed by atoms with E-state index in [4.69, 9.17) is 4.42 Å². The van der Waals surface area contributed by atoms with Gasteiger partial charge in [-0.15, -0.1) is 0 Å². The summed E-state index contributed by atoms with van der Waals surface area (Å²) < 4.78 is 48.2. The predicted molar refractivity (Wildman–Crippen MR) is 70.3 cm³/mol. The molecular formula is C14H18F3NO4. The first-order valence-corrected chi connectivity index (χ1v) is 6.85. The molecule has 1 N–H and O–H groups in total. The van der Waals surface area contributed by atoms with Crippen LogP contribution in [-0.4, -0.2) is 48.0 Å². The Morgan fingerprint density at radius 2 is 2.05 bits per heavy atom. The van der Waals surface area contributed by atoms with Crippen LogP contribution in [0.3, 0.4) is 0 Å². The highest BCUT2D eigenvalue weighted by Crippen LogP contribution is 2.38. The molecule has 0 aliphatic carbocycles. The lowest BCUT2D eigenvalue weighted by atomic mass is 9.91. The van der Waals surface area contributed by atoms with Gasteiger partial charge in [0.1, 0.15) is 17.1 Å². The smallest absolute Gasteiger partial charge is 0.417 e. The second kappa shape index (κ2) is 5.92. The molecule has 0 unspecified atom stereocenters. The summed E-state index contributed by atoms with van der Waals surface area (Å²) in [4.78, 5) is 13.2. The van der Waals surface area contributed by atoms with Crippen LogP contribution in [0, 0.1) is 6.92 Å². The van der Waals surface area contributed by atoms with Crippen molar-refractivity contribution in [3.05, 3.63) is 23.2 Å². The van der Waals surface area contributed by atoms with Crippen LogP contribution >= 0.6 is 0 Å². The van der Waals surface area contributed by atoms with Crippen LogP contribution in [0.2, 0.25) is 0 Å². The van der Waals surface area contributed by atoms with Crippen LogP contribution in [-0.2, 0) is 11.3 Å². The molecule has 124 valence electrons. The number of ether oxygens (including phenoxy) is 1. The molecule has 0 saturated carbocycles. The molecule has 8 heteroatoms. The largest absolute Gasteiger partial charge is 0.465 e. The minimum Gasteiger partial charge on any atom is -0.465 e. The van der Waals surface area contributed by atoms with Gasteiger partial charge in [-0.25, -0.2) is 4.79 Å². The van der Waals surface area contributed by atoms with Crippen LogP contribution in [0.5, 0.6) is 0 Å². The monoisotopic (exact) mass is 321 g/mol. The van der Waals surface area contributed by atoms with Gasteiger partial charge in [0.15, 0.2) is 5.60 Å². The van der Waals surface area contributed by atoms with Crippen LogP contribution in [0.1, 0.15) is 34.7 Å². The standard InChI is InChI=1S/C14H18F3NO4/c1-9-11(12(19)21-2)7-10(22-9)8-18-5-3-13(20,4-6-18)14(15,16)17/h7,20H,3-6,8H2,1-2H3. The Labute approximate surface area is 125 Å². The maximum atomic E-state index is 12.7. The van der Waals surface area contributed by atoms with Gasteiger partial charge in [0, 0.05) is 13.1 Å². The molecular weight excluding hydrogens is 303 g/mol. The van der Waals surface area contributed by atoms with Crippen molar-refractivity contribution in [2.45, 2.75) is 38.1 Å². The lowest BCUT2D eigenvalue weighted by Gasteiger charge is -2.38. The van der Waals surface area contributed by atoms with Gasteiger partial charge in [-0.1, -0.05) is 0 Å². The van der Waals surface area contributed by atoms with Crippen LogP contribution in [0.25, 0.3) is 0 Å². The number of methoxy groups -OCH3 is 1. The predicted octanol–water partition coefficient (Wildman–Crippen LogP) is 2.26. The van der Waals surface area contributed by atoms with Crippen molar-refractivity contribution in [3.63, 3.8) is 0 Å². The first kappa shape index (κ1) is 16.8. The first-order valence-electron chi connectivity index (χ1n) is 6.85. The van der Waals surface area contributed by atoms with Gasteiger partial charge >= 0.3 is 12.1 Å². The molecule has 0 spiro atoms. The minimum atomic E-state index is -4.61. The molecule has 1 aromatic heterocycles. The number of carbonyl (C=O) groups is 1. The van der Waals surface area contributed by atoms with Crippen molar-refractivity contribution < 1.29 is 32.2 Å². The molecule has 1 aliphatic heterocycles. The Bertz CT molecular complexity index is 545. The maximum absolute atomic E-state index is 12.7. The number of nitrogens with zero attached hydrogens (tertiary/aromatic N) is 1. The number of aryl methyl sites for hydroxylation is 1. The van der Waals surface area contributed by atoms with Gasteiger partial charge in [-0.2, -0.15) is 13.2 Å². The summed E-state index contributed by atoms with van der Waals surface area (Å²) in [5, 5.41) is 9.61. The number of esters is 1. The van der Waals surface area contributed by atoms with Gasteiger partial charge in [0.25, 0.3) is 0 Å². The van der Waals surface area contributed by atoms with E-state index < -0.39 is 17.7 Å². The van der Waals surface area contributed by atoms with E-state index in [9.17, 15) is 23.1 Å². The molecule has 22 heavy (non-hydrogen) atoms. The summed E-state index contributed by atoms with van der Waals surface area (Å²) in [6.07, 6.45) is -5.36. The lowest BCUT2D eigenvalue weighted by molar-refractivity contribution is -0.273. The molecule has 1 saturated heterocycles. The lowest BCUT2D eigenvalue weighted by Crippen LogP contribution is -2.53. The average molecular weight is 321 g/mol. The van der Waals surface area contributed by atoms with Gasteiger partial charge in [0.2, 0.25) is 0 Å². The second-order valence-electron chi connectivity index (χ2n) is 5.48. The van der Waals surface area contributed by atoms with Crippen LogP contribution in [0.15, 0.2) is 10.5 Å². The van der Waals surface area contributed by atoms with E-state index in [0.29, 0.717) is 17.1 Å². The maximum Gasteiger partial charge on any atom is 0.417 e. The second-order valence-corrected chi connectivity index (χ2v) is 5.48. The fourth-order valence-corrected chi connectivity index (χ4v) is 2.52. The van der Waals surface area contributed by atoms with Crippen molar-refractivity contribution in [2.75, 3.05) is 20.2 Å². The average Bonchev–Trinajstić information content (AvgIpc) is 2.80. The van der Waals surface area contributed by atoms with E-state index in [0.717, 1.165) is 0 Å². The van der Waals surface area contributed by atoms with Gasteiger partial charge in [0.05, 0.1) is 13.7 Å². The fourth-order valence-electron chi connectivity index (χ4n) is 2.52. The van der Waals surface area contributed by atoms with E-state index in [1.807, 2.05) is 0 Å². The molecule has 2 heterocycles. The summed E-state index contributed by atoms with van der Waals surface area (Å²) in [6.45, 7) is 2.10. The molecule has 5 nitrogen and oxygen atoms in total. The zero-order valence-electron chi connectivity index (χ0n) is 12.4. The van der Waals surface area contributed by atoms with E-state index in [-0.39, 0.29) is 32.5 Å². The van der Waals surface area contributed by atoms with E-state index in [2.05, 4.69) is 4.74 Å². The summed E-state index contributed by atoms with van der Waals surface area (Å²) in [7, 11) is 1.26. The highest BCUT2D eigenvalue weighted by atomic mass is 19.4. The van der Waals surface area contributed by atoms with Crippen molar-refractivity contribution in [3.8, 4) is 0 Å². The van der Waals surface area contributed by atoms with Crippen LogP contribution in [0.4, 0.5) is 13.2 Å². The molecule has 1 aromatic rings. The molecule has 0 atom stereocenters. The highest BCUT2D eigenvalue weighted by molar-refractivity contribution is 5.90. The van der Waals surface area contributed by atoms with Crippen molar-refractivity contribution in [2.24, 2.45) is 0 Å². The highest BCUT2D eigenvalue weighted by Gasteiger charge is 2.54. The summed E-state index contributed by atoms with van der Waals surface area (Å²) in [5.41, 5.74) is -2.30. The Balaban J connectivity index is 1.98. The number of carbonyl (C=O) groups excluding carboxylic acids is 1. The number of hydrogen-bond donors (Lipinski definition) is 1. The molecule has 0 radical (unpaired) electrons. The number of halogens is 3. The van der Waals surface area contributed by atoms with Crippen molar-refractivity contribution in [1.82, 2.24) is 4.90 Å². The third-order valence-corrected chi connectivity index (χ3v) is 3.96. The number of likely N-dealkylation sites (tertiary alicyclic amines) is 1. The number of piperidine rings is 1. The summed E-state index contributed by atoms with van der Waals surface area (Å²) in [6, 6.07) is 1.53. The van der Waals surface area contributed by atoms with E-state index in [1.165, 1.54) is 13.2 Å². The summed E-state index contributed by atoms with van der Waals surface area (Å²) in [5.74, 6) is 0.374. The molecule has 1 aliphatic rings. The molecule has 0 bridgehead atoms. The number of aliphatic hydroxyl groups is 1. The summed E-state index contributed by atoms with van der Waals surface area (Å²) >= 11 is 0. The van der Waals surface area contributed by atoms with Crippen molar-refractivity contribution >= 4 is 5.97 Å². The number of alkyl halides is 3. The Morgan fingerprint density at radius 1 is 1.45 bits per heavy atom. The third-order valence-electron chi connectivity index (χ3n) is 3.96. The first-order chi connectivity index (χ1) is 10.2.